The van der Waals surface area contributed by atoms with Crippen LogP contribution in [-0.4, -0.2) is 26.0 Å². The van der Waals surface area contributed by atoms with E-state index in [0.29, 0.717) is 25.4 Å². The third-order valence-corrected chi connectivity index (χ3v) is 5.61. The van der Waals surface area contributed by atoms with Gasteiger partial charge in [0.1, 0.15) is 5.75 Å². The van der Waals surface area contributed by atoms with Crippen molar-refractivity contribution in [2.45, 2.75) is 91.3 Å². The summed E-state index contributed by atoms with van der Waals surface area (Å²) in [5.41, 5.74) is 2.27. The first-order valence-electron chi connectivity index (χ1n) is 10.9. The molecule has 3 atom stereocenters. The van der Waals surface area contributed by atoms with E-state index in [1.807, 2.05) is 12.1 Å². The summed E-state index contributed by atoms with van der Waals surface area (Å²) in [7, 11) is 1.32. The average Bonchev–Trinajstić information content (AvgIpc) is 2.75. The van der Waals surface area contributed by atoms with Crippen molar-refractivity contribution in [3.8, 4) is 5.75 Å². The molecule has 0 saturated heterocycles. The number of rotatable bonds is 16. The van der Waals surface area contributed by atoms with Gasteiger partial charge in [0.2, 0.25) is 9.03 Å². The van der Waals surface area contributed by atoms with Gasteiger partial charge in [0, 0.05) is 13.0 Å². The average molecular weight is 427 g/mol. The predicted octanol–water partition coefficient (Wildman–Crippen LogP) is 6.54. The van der Waals surface area contributed by atoms with Crippen LogP contribution >= 0.6 is 9.03 Å². The molecular formula is C23H39O5P. The van der Waals surface area contributed by atoms with Gasteiger partial charge in [-0.05, 0) is 55.2 Å². The predicted molar refractivity (Wildman–Crippen MR) is 120 cm³/mol. The van der Waals surface area contributed by atoms with Gasteiger partial charge in [0.25, 0.3) is 0 Å². The molecule has 5 nitrogen and oxygen atoms in total. The lowest BCUT2D eigenvalue weighted by atomic mass is 9.94. The molecule has 0 aliphatic carbocycles. The van der Waals surface area contributed by atoms with Crippen molar-refractivity contribution in [3.05, 3.63) is 29.3 Å². The van der Waals surface area contributed by atoms with Gasteiger partial charge < -0.3 is 14.0 Å². The van der Waals surface area contributed by atoms with Crippen LogP contribution in [0.1, 0.15) is 89.7 Å². The molecule has 1 aromatic rings. The zero-order chi connectivity index (χ0) is 21.5. The van der Waals surface area contributed by atoms with E-state index in [9.17, 15) is 4.79 Å². The summed E-state index contributed by atoms with van der Waals surface area (Å²) in [5, 5.41) is 0. The molecule has 0 N–H and O–H groups in total. The second-order valence-corrected chi connectivity index (χ2v) is 7.96. The molecule has 0 fully saturated rings. The molecule has 3 unspecified atom stereocenters. The number of carbonyl (C=O) groups is 1. The van der Waals surface area contributed by atoms with Crippen LogP contribution in [0.3, 0.4) is 0 Å². The summed E-state index contributed by atoms with van der Waals surface area (Å²) in [6.45, 7) is 9.35. The number of hydrogen-bond acceptors (Lipinski definition) is 5. The summed E-state index contributed by atoms with van der Waals surface area (Å²) in [4.78, 5) is 11.4. The topological polar surface area (TPSA) is 54.0 Å². The minimum absolute atomic E-state index is 0.102. The molecule has 0 bridgehead atoms. The summed E-state index contributed by atoms with van der Waals surface area (Å²) >= 11 is 0. The monoisotopic (exact) mass is 426 g/mol. The number of ether oxygens (including phenoxy) is 2. The van der Waals surface area contributed by atoms with Crippen molar-refractivity contribution in [1.82, 2.24) is 0 Å². The molecule has 1 aromatic carbocycles. The van der Waals surface area contributed by atoms with Crippen LogP contribution in [0.2, 0.25) is 0 Å². The second kappa shape index (κ2) is 15.6. The van der Waals surface area contributed by atoms with Crippen molar-refractivity contribution in [2.24, 2.45) is 0 Å². The molecule has 0 amide bonds. The van der Waals surface area contributed by atoms with E-state index < -0.39 is 0 Å². The normalized spacial score (nSPS) is 13.6. The molecule has 0 aromatic heterocycles. The molecule has 166 valence electrons. The van der Waals surface area contributed by atoms with Crippen LogP contribution < -0.4 is 4.52 Å². The van der Waals surface area contributed by atoms with Crippen molar-refractivity contribution >= 4 is 15.0 Å². The Morgan fingerprint density at radius 1 is 1.14 bits per heavy atom. The van der Waals surface area contributed by atoms with E-state index in [2.05, 4.69) is 33.8 Å². The summed E-state index contributed by atoms with van der Waals surface area (Å²) in [5.74, 6) is 1.03. The van der Waals surface area contributed by atoms with Gasteiger partial charge in [-0.2, -0.15) is 0 Å². The molecule has 0 spiro atoms. The highest BCUT2D eigenvalue weighted by atomic mass is 31.1. The van der Waals surface area contributed by atoms with E-state index in [1.54, 1.807) is 0 Å². The maximum atomic E-state index is 11.4. The Labute approximate surface area is 178 Å². The van der Waals surface area contributed by atoms with Gasteiger partial charge in [-0.1, -0.05) is 52.7 Å². The van der Waals surface area contributed by atoms with Crippen molar-refractivity contribution in [3.63, 3.8) is 0 Å². The maximum absolute atomic E-state index is 11.4. The first-order valence-corrected chi connectivity index (χ1v) is 11.8. The fraction of sp³-hybridized carbons (Fsp3) is 0.696. The Kier molecular flexibility index (Phi) is 14.0. The minimum Gasteiger partial charge on any atom is -0.469 e. The zero-order valence-corrected chi connectivity index (χ0v) is 19.8. The Hall–Kier alpha value is -1.16. The maximum Gasteiger partial charge on any atom is 0.305 e. The van der Waals surface area contributed by atoms with Crippen molar-refractivity contribution in [1.29, 1.82) is 0 Å². The second-order valence-electron chi connectivity index (χ2n) is 7.36. The van der Waals surface area contributed by atoms with Gasteiger partial charge in [-0.15, -0.1) is 0 Å². The Bertz CT molecular complexity index is 578. The largest absolute Gasteiger partial charge is 0.469 e. The van der Waals surface area contributed by atoms with Gasteiger partial charge in [0.05, 0.1) is 7.11 Å². The number of methoxy groups -OCH3 is 1. The Balaban J connectivity index is 2.70. The Morgan fingerprint density at radius 3 is 2.59 bits per heavy atom. The molecule has 0 heterocycles. The highest BCUT2D eigenvalue weighted by Crippen LogP contribution is 2.34. The van der Waals surface area contributed by atoms with Gasteiger partial charge in [-0.25, -0.2) is 0 Å². The first kappa shape index (κ1) is 25.9. The number of esters is 1. The lowest BCUT2D eigenvalue weighted by Crippen LogP contribution is -2.14. The van der Waals surface area contributed by atoms with E-state index >= 15 is 0 Å². The van der Waals surface area contributed by atoms with E-state index in [4.69, 9.17) is 18.5 Å². The third kappa shape index (κ3) is 10.4. The molecule has 0 aliphatic heterocycles. The number of hydrogen-bond donors (Lipinski definition) is 0. The van der Waals surface area contributed by atoms with Crippen LogP contribution in [0.5, 0.6) is 5.75 Å². The number of unbranched alkanes of at least 4 members (excludes halogenated alkanes) is 2. The van der Waals surface area contributed by atoms with Gasteiger partial charge in [0.15, 0.2) is 6.29 Å². The highest BCUT2D eigenvalue weighted by molar-refractivity contribution is 7.26. The lowest BCUT2D eigenvalue weighted by molar-refractivity contribution is -0.140. The quantitative estimate of drug-likeness (QED) is 0.130. The molecule has 0 radical (unpaired) electrons. The molecule has 29 heavy (non-hydrogen) atoms. The summed E-state index contributed by atoms with van der Waals surface area (Å²) in [6.07, 6.45) is 7.20. The highest BCUT2D eigenvalue weighted by Gasteiger charge is 2.14. The zero-order valence-electron chi connectivity index (χ0n) is 18.8. The first-order chi connectivity index (χ1) is 14.0. The Morgan fingerprint density at radius 2 is 1.93 bits per heavy atom. The molecule has 1 rings (SSSR count). The third-order valence-electron chi connectivity index (χ3n) is 4.95. The number of aryl methyl sites for hydroxylation is 1. The van der Waals surface area contributed by atoms with Crippen molar-refractivity contribution < 1.29 is 23.3 Å². The van der Waals surface area contributed by atoms with E-state index in [1.165, 1.54) is 20.0 Å². The van der Waals surface area contributed by atoms with Crippen LogP contribution in [-0.2, 0) is 25.2 Å². The van der Waals surface area contributed by atoms with Crippen molar-refractivity contribution in [2.75, 3.05) is 13.7 Å². The fourth-order valence-electron chi connectivity index (χ4n) is 2.91. The molecular weight excluding hydrogens is 387 g/mol. The minimum atomic E-state index is -0.203. The van der Waals surface area contributed by atoms with Crippen LogP contribution in [0.25, 0.3) is 0 Å². The smallest absolute Gasteiger partial charge is 0.305 e. The van der Waals surface area contributed by atoms with E-state index in [0.717, 1.165) is 42.6 Å². The van der Waals surface area contributed by atoms with Crippen LogP contribution in [0, 0.1) is 0 Å². The van der Waals surface area contributed by atoms with Crippen LogP contribution in [0.15, 0.2) is 18.2 Å². The SMILES string of the molecule is CCCCCC(OCCC)OPOc1ccc(CCC(=O)OC)cc1C(C)CC. The fourth-order valence-corrected chi connectivity index (χ4v) is 3.53. The number of benzene rings is 1. The molecule has 6 heteroatoms. The van der Waals surface area contributed by atoms with Crippen LogP contribution in [0.4, 0.5) is 0 Å². The summed E-state index contributed by atoms with van der Waals surface area (Å²) in [6, 6.07) is 6.15. The molecule has 0 saturated carbocycles. The van der Waals surface area contributed by atoms with Gasteiger partial charge >= 0.3 is 5.97 Å². The number of carbonyl (C=O) groups excluding carboxylic acids is 1. The standard InChI is InChI=1S/C23H39O5P/c1-6-9-10-11-23(26-16-7-2)28-29-27-21-14-12-19(13-15-22(24)25-5)17-20(21)18(4)8-3/h12,14,17-18,23,29H,6-11,13,15-16H2,1-5H3. The van der Waals surface area contributed by atoms with Gasteiger partial charge in [-0.3, -0.25) is 9.32 Å². The van der Waals surface area contributed by atoms with E-state index in [-0.39, 0.29) is 21.3 Å². The molecule has 0 aliphatic rings. The lowest BCUT2D eigenvalue weighted by Gasteiger charge is -2.20. The summed E-state index contributed by atoms with van der Waals surface area (Å²) < 4.78 is 22.5.